The molecule has 0 saturated heterocycles. The lowest BCUT2D eigenvalue weighted by Gasteiger charge is -2.40. The van der Waals surface area contributed by atoms with Crippen molar-refractivity contribution in [2.45, 2.75) is 46.2 Å². The van der Waals surface area contributed by atoms with E-state index in [1.165, 1.54) is 24.0 Å². The maximum absolute atomic E-state index is 4.60. The summed E-state index contributed by atoms with van der Waals surface area (Å²) in [7, 11) is 0. The van der Waals surface area contributed by atoms with Crippen LogP contribution in [0.1, 0.15) is 48.8 Å². The van der Waals surface area contributed by atoms with Crippen LogP contribution in [0.5, 0.6) is 0 Å². The Morgan fingerprint density at radius 3 is 2.76 bits per heavy atom. The average Bonchev–Trinajstić information content (AvgIpc) is 2.46. The van der Waals surface area contributed by atoms with Crippen molar-refractivity contribution in [1.82, 2.24) is 10.3 Å². The van der Waals surface area contributed by atoms with Crippen LogP contribution in [-0.2, 0) is 13.0 Å². The summed E-state index contributed by atoms with van der Waals surface area (Å²) in [5, 5.41) is 3.75. The highest BCUT2D eigenvalue weighted by Crippen LogP contribution is 2.43. The predicted octanol–water partition coefficient (Wildman–Crippen LogP) is 4.19. The van der Waals surface area contributed by atoms with Crippen molar-refractivity contribution >= 4 is 0 Å². The topological polar surface area (TPSA) is 24.9 Å². The van der Waals surface area contributed by atoms with E-state index >= 15 is 0 Å². The molecule has 1 aromatic heterocycles. The summed E-state index contributed by atoms with van der Waals surface area (Å²) in [4.78, 5) is 4.60. The number of hydrogen-bond acceptors (Lipinski definition) is 2. The summed E-state index contributed by atoms with van der Waals surface area (Å²) in [6.45, 7) is 7.60. The molecule has 1 aliphatic carbocycles. The highest BCUT2D eigenvalue weighted by Gasteiger charge is 2.35. The highest BCUT2D eigenvalue weighted by molar-refractivity contribution is 5.34. The number of pyridine rings is 1. The van der Waals surface area contributed by atoms with Crippen molar-refractivity contribution in [3.63, 3.8) is 0 Å². The van der Waals surface area contributed by atoms with Crippen molar-refractivity contribution in [1.29, 1.82) is 0 Å². The van der Waals surface area contributed by atoms with Gasteiger partial charge in [-0.2, -0.15) is 0 Å². The van der Waals surface area contributed by atoms with Crippen molar-refractivity contribution in [2.24, 2.45) is 5.41 Å². The SMILES string of the molecule is Cc1cccc(CNC2c3ccccc3CCC2(C)C)n1. The molecule has 1 aromatic carbocycles. The largest absolute Gasteiger partial charge is 0.304 e. The van der Waals surface area contributed by atoms with E-state index in [1.807, 2.05) is 13.0 Å². The molecule has 2 heteroatoms. The highest BCUT2D eigenvalue weighted by atomic mass is 15.0. The van der Waals surface area contributed by atoms with Gasteiger partial charge in [0.05, 0.1) is 5.69 Å². The molecule has 2 nitrogen and oxygen atoms in total. The lowest BCUT2D eigenvalue weighted by Crippen LogP contribution is -2.38. The second-order valence-electron chi connectivity index (χ2n) is 6.77. The molecule has 110 valence electrons. The van der Waals surface area contributed by atoms with E-state index in [9.17, 15) is 0 Å². The maximum Gasteiger partial charge on any atom is 0.0545 e. The first-order valence-electron chi connectivity index (χ1n) is 7.80. The standard InChI is InChI=1S/C19H24N2/c1-14-7-6-9-16(21-14)13-20-18-17-10-5-4-8-15(17)11-12-19(18,2)3/h4-10,18,20H,11-13H2,1-3H3. The smallest absolute Gasteiger partial charge is 0.0545 e. The summed E-state index contributed by atoms with van der Waals surface area (Å²) in [5.74, 6) is 0. The fraction of sp³-hybridized carbons (Fsp3) is 0.421. The van der Waals surface area contributed by atoms with Gasteiger partial charge in [-0.3, -0.25) is 4.98 Å². The van der Waals surface area contributed by atoms with Crippen LogP contribution in [0.25, 0.3) is 0 Å². The molecule has 1 atom stereocenters. The number of hydrogen-bond donors (Lipinski definition) is 1. The Morgan fingerprint density at radius 1 is 1.14 bits per heavy atom. The first-order chi connectivity index (χ1) is 10.1. The third kappa shape index (κ3) is 3.01. The van der Waals surface area contributed by atoms with Gasteiger partial charge in [0.2, 0.25) is 0 Å². The van der Waals surface area contributed by atoms with Crippen molar-refractivity contribution in [3.8, 4) is 0 Å². The molecule has 1 aliphatic rings. The number of nitrogens with one attached hydrogen (secondary N) is 1. The van der Waals surface area contributed by atoms with Gasteiger partial charge >= 0.3 is 0 Å². The fourth-order valence-electron chi connectivity index (χ4n) is 3.36. The van der Waals surface area contributed by atoms with Gasteiger partial charge in [-0.05, 0) is 48.4 Å². The van der Waals surface area contributed by atoms with Crippen LogP contribution in [0.2, 0.25) is 0 Å². The lowest BCUT2D eigenvalue weighted by molar-refractivity contribution is 0.207. The molecule has 2 aromatic rings. The molecule has 0 saturated carbocycles. The minimum absolute atomic E-state index is 0.276. The van der Waals surface area contributed by atoms with Crippen LogP contribution < -0.4 is 5.32 Å². The Balaban J connectivity index is 1.83. The fourth-order valence-corrected chi connectivity index (χ4v) is 3.36. The molecule has 0 radical (unpaired) electrons. The monoisotopic (exact) mass is 280 g/mol. The summed E-state index contributed by atoms with van der Waals surface area (Å²) >= 11 is 0. The molecule has 0 fully saturated rings. The average molecular weight is 280 g/mol. The number of rotatable bonds is 3. The minimum Gasteiger partial charge on any atom is -0.304 e. The van der Waals surface area contributed by atoms with E-state index in [1.54, 1.807) is 0 Å². The number of nitrogens with zero attached hydrogens (tertiary/aromatic N) is 1. The summed E-state index contributed by atoms with van der Waals surface area (Å²) in [6.07, 6.45) is 2.41. The van der Waals surface area contributed by atoms with Crippen LogP contribution in [0.4, 0.5) is 0 Å². The van der Waals surface area contributed by atoms with E-state index in [2.05, 4.69) is 60.5 Å². The zero-order valence-corrected chi connectivity index (χ0v) is 13.2. The molecule has 1 heterocycles. The van der Waals surface area contributed by atoms with Gasteiger partial charge in [-0.25, -0.2) is 0 Å². The van der Waals surface area contributed by atoms with Gasteiger partial charge in [-0.15, -0.1) is 0 Å². The van der Waals surface area contributed by atoms with Gasteiger partial charge in [0, 0.05) is 18.3 Å². The van der Waals surface area contributed by atoms with Crippen molar-refractivity contribution in [2.75, 3.05) is 0 Å². The Kier molecular flexibility index (Phi) is 3.81. The van der Waals surface area contributed by atoms with Crippen molar-refractivity contribution in [3.05, 3.63) is 65.0 Å². The second kappa shape index (κ2) is 5.61. The third-order valence-electron chi connectivity index (χ3n) is 4.62. The van der Waals surface area contributed by atoms with Crippen LogP contribution in [0, 0.1) is 12.3 Å². The lowest BCUT2D eigenvalue weighted by atomic mass is 9.70. The number of fused-ring (bicyclic) bond motifs is 1. The second-order valence-corrected chi connectivity index (χ2v) is 6.77. The number of aromatic nitrogens is 1. The Hall–Kier alpha value is -1.67. The molecule has 1 unspecified atom stereocenters. The number of benzene rings is 1. The first kappa shape index (κ1) is 14.3. The quantitative estimate of drug-likeness (QED) is 0.911. The Bertz CT molecular complexity index is 631. The van der Waals surface area contributed by atoms with E-state index in [0.29, 0.717) is 6.04 Å². The molecule has 0 amide bonds. The van der Waals surface area contributed by atoms with Crippen LogP contribution in [0.3, 0.4) is 0 Å². The first-order valence-corrected chi connectivity index (χ1v) is 7.80. The predicted molar refractivity (Wildman–Crippen MR) is 87.1 cm³/mol. The van der Waals surface area contributed by atoms with Gasteiger partial charge in [0.25, 0.3) is 0 Å². The molecule has 0 aliphatic heterocycles. The van der Waals surface area contributed by atoms with Gasteiger partial charge < -0.3 is 5.32 Å². The molecule has 0 spiro atoms. The molecular formula is C19H24N2. The van der Waals surface area contributed by atoms with Gasteiger partial charge in [0.15, 0.2) is 0 Å². The van der Waals surface area contributed by atoms with E-state index in [-0.39, 0.29) is 5.41 Å². The third-order valence-corrected chi connectivity index (χ3v) is 4.62. The van der Waals surface area contributed by atoms with Crippen LogP contribution in [-0.4, -0.2) is 4.98 Å². The van der Waals surface area contributed by atoms with E-state index in [0.717, 1.165) is 17.9 Å². The maximum atomic E-state index is 4.60. The van der Waals surface area contributed by atoms with Gasteiger partial charge in [0.1, 0.15) is 0 Å². The summed E-state index contributed by atoms with van der Waals surface area (Å²) in [6, 6.07) is 15.5. The minimum atomic E-state index is 0.276. The zero-order valence-electron chi connectivity index (χ0n) is 13.2. The molecule has 1 N–H and O–H groups in total. The van der Waals surface area contributed by atoms with Gasteiger partial charge in [-0.1, -0.05) is 44.2 Å². The number of aryl methyl sites for hydroxylation is 2. The zero-order chi connectivity index (χ0) is 14.9. The molecule has 0 bridgehead atoms. The molecular weight excluding hydrogens is 256 g/mol. The van der Waals surface area contributed by atoms with Crippen LogP contribution in [0.15, 0.2) is 42.5 Å². The summed E-state index contributed by atoms with van der Waals surface area (Å²) < 4.78 is 0. The van der Waals surface area contributed by atoms with E-state index < -0.39 is 0 Å². The van der Waals surface area contributed by atoms with E-state index in [4.69, 9.17) is 0 Å². The molecule has 3 rings (SSSR count). The normalized spacial score (nSPS) is 20.0. The van der Waals surface area contributed by atoms with Crippen molar-refractivity contribution < 1.29 is 0 Å². The Morgan fingerprint density at radius 2 is 1.95 bits per heavy atom. The Labute approximate surface area is 127 Å². The summed E-state index contributed by atoms with van der Waals surface area (Å²) in [5.41, 5.74) is 5.43. The molecule has 21 heavy (non-hydrogen) atoms. The van der Waals surface area contributed by atoms with Crippen LogP contribution >= 0.6 is 0 Å².